The fourth-order valence-electron chi connectivity index (χ4n) is 2.45. The van der Waals surface area contributed by atoms with E-state index in [1.165, 1.54) is 11.1 Å². The summed E-state index contributed by atoms with van der Waals surface area (Å²) < 4.78 is 0. The highest BCUT2D eigenvalue weighted by atomic mass is 16.1. The Morgan fingerprint density at radius 3 is 2.64 bits per heavy atom. The average molecular weight is 189 g/mol. The quantitative estimate of drug-likeness (QED) is 0.716. The Morgan fingerprint density at radius 1 is 1.43 bits per heavy atom. The third kappa shape index (κ3) is 1.14. The van der Waals surface area contributed by atoms with Gasteiger partial charge in [0.25, 0.3) is 0 Å². The van der Waals surface area contributed by atoms with Gasteiger partial charge in [-0.25, -0.2) is 0 Å². The molecule has 2 rings (SSSR count). The number of nitrogens with two attached hydrogens (primary N) is 1. The van der Waals surface area contributed by atoms with Crippen molar-refractivity contribution in [2.45, 2.75) is 25.7 Å². The van der Waals surface area contributed by atoms with Crippen molar-refractivity contribution in [3.8, 4) is 0 Å². The van der Waals surface area contributed by atoms with Gasteiger partial charge in [-0.3, -0.25) is 4.79 Å². The van der Waals surface area contributed by atoms with E-state index in [4.69, 9.17) is 5.73 Å². The number of carbonyl (C=O) groups excluding carboxylic acids is 1. The Morgan fingerprint density at radius 2 is 2.07 bits per heavy atom. The Bertz CT molecular complexity index is 382. The van der Waals surface area contributed by atoms with Crippen molar-refractivity contribution in [1.29, 1.82) is 0 Å². The summed E-state index contributed by atoms with van der Waals surface area (Å²) in [7, 11) is 0. The van der Waals surface area contributed by atoms with Crippen molar-refractivity contribution in [3.63, 3.8) is 0 Å². The number of hydrogen-bond donors (Lipinski definition) is 1. The summed E-state index contributed by atoms with van der Waals surface area (Å²) in [4.78, 5) is 11.3. The maximum absolute atomic E-state index is 11.3. The van der Waals surface area contributed by atoms with Crippen LogP contribution >= 0.6 is 0 Å². The minimum atomic E-state index is -0.189. The first-order valence-electron chi connectivity index (χ1n) is 4.91. The molecule has 0 saturated carbocycles. The first-order valence-corrected chi connectivity index (χ1v) is 4.91. The number of carbonyl (C=O) groups is 1. The zero-order valence-corrected chi connectivity index (χ0v) is 8.58. The van der Waals surface area contributed by atoms with E-state index in [0.29, 0.717) is 0 Å². The van der Waals surface area contributed by atoms with Gasteiger partial charge in [-0.05, 0) is 17.5 Å². The molecule has 1 aliphatic carbocycles. The predicted molar refractivity (Wildman–Crippen MR) is 55.9 cm³/mol. The van der Waals surface area contributed by atoms with Crippen LogP contribution in [0.1, 0.15) is 25.0 Å². The van der Waals surface area contributed by atoms with Crippen LogP contribution in [-0.2, 0) is 16.6 Å². The van der Waals surface area contributed by atoms with E-state index in [1.807, 2.05) is 12.1 Å². The smallest absolute Gasteiger partial charge is 0.221 e. The standard InChI is InChI=1S/C12H15NO/c1-12(2)9-6-4-3-5-8(9)7-10(12)11(13)14/h3-6,10H,7H2,1-2H3,(H2,13,14). The molecule has 0 spiro atoms. The highest BCUT2D eigenvalue weighted by molar-refractivity contribution is 5.80. The molecule has 14 heavy (non-hydrogen) atoms. The van der Waals surface area contributed by atoms with Crippen LogP contribution in [0.25, 0.3) is 0 Å². The van der Waals surface area contributed by atoms with Gasteiger partial charge in [0.1, 0.15) is 0 Å². The van der Waals surface area contributed by atoms with Crippen LogP contribution in [0.4, 0.5) is 0 Å². The van der Waals surface area contributed by atoms with Gasteiger partial charge >= 0.3 is 0 Å². The second-order valence-electron chi connectivity index (χ2n) is 4.54. The lowest BCUT2D eigenvalue weighted by molar-refractivity contribution is -0.123. The molecule has 1 aromatic carbocycles. The molecule has 74 valence electrons. The SMILES string of the molecule is CC1(C)c2ccccc2CC1C(N)=O. The zero-order chi connectivity index (χ0) is 10.3. The third-order valence-corrected chi connectivity index (χ3v) is 3.35. The molecule has 0 bridgehead atoms. The minimum absolute atomic E-state index is 0.0556. The van der Waals surface area contributed by atoms with Gasteiger partial charge in [0.2, 0.25) is 5.91 Å². The third-order valence-electron chi connectivity index (χ3n) is 3.35. The second kappa shape index (κ2) is 2.84. The van der Waals surface area contributed by atoms with Gasteiger partial charge in [0.15, 0.2) is 0 Å². The minimum Gasteiger partial charge on any atom is -0.369 e. The summed E-state index contributed by atoms with van der Waals surface area (Å²) in [6.07, 6.45) is 0.790. The van der Waals surface area contributed by atoms with E-state index in [9.17, 15) is 4.79 Å². The molecule has 0 heterocycles. The van der Waals surface area contributed by atoms with Crippen LogP contribution in [0, 0.1) is 5.92 Å². The zero-order valence-electron chi connectivity index (χ0n) is 8.58. The number of benzene rings is 1. The van der Waals surface area contributed by atoms with E-state index in [2.05, 4.69) is 26.0 Å². The number of amides is 1. The molecular weight excluding hydrogens is 174 g/mol. The van der Waals surface area contributed by atoms with E-state index in [1.54, 1.807) is 0 Å². The van der Waals surface area contributed by atoms with Gasteiger partial charge in [0, 0.05) is 5.41 Å². The molecule has 2 N–H and O–H groups in total. The Labute approximate surface area is 84.1 Å². The molecule has 0 radical (unpaired) electrons. The molecule has 0 saturated heterocycles. The highest BCUT2D eigenvalue weighted by Crippen LogP contribution is 2.42. The van der Waals surface area contributed by atoms with Crippen LogP contribution in [0.2, 0.25) is 0 Å². The maximum Gasteiger partial charge on any atom is 0.221 e. The summed E-state index contributed by atoms with van der Waals surface area (Å²) in [6.45, 7) is 4.18. The van der Waals surface area contributed by atoms with Gasteiger partial charge < -0.3 is 5.73 Å². The predicted octanol–water partition coefficient (Wildman–Crippen LogP) is 1.62. The van der Waals surface area contributed by atoms with Crippen molar-refractivity contribution in [2.75, 3.05) is 0 Å². The second-order valence-corrected chi connectivity index (χ2v) is 4.54. The summed E-state index contributed by atoms with van der Waals surface area (Å²) in [5, 5.41) is 0. The molecule has 2 heteroatoms. The lowest BCUT2D eigenvalue weighted by Crippen LogP contribution is -2.35. The van der Waals surface area contributed by atoms with Crippen LogP contribution in [0.15, 0.2) is 24.3 Å². The molecule has 1 aromatic rings. The highest BCUT2D eigenvalue weighted by Gasteiger charge is 2.42. The average Bonchev–Trinajstić information content (AvgIpc) is 2.39. The first kappa shape index (κ1) is 9.25. The maximum atomic E-state index is 11.3. The van der Waals surface area contributed by atoms with Gasteiger partial charge in [0.05, 0.1) is 5.92 Å². The first-order chi connectivity index (χ1) is 6.53. The van der Waals surface area contributed by atoms with Crippen LogP contribution in [0.3, 0.4) is 0 Å². The van der Waals surface area contributed by atoms with Crippen molar-refractivity contribution in [3.05, 3.63) is 35.4 Å². The molecule has 1 atom stereocenters. The molecule has 1 aliphatic rings. The van der Waals surface area contributed by atoms with Crippen LogP contribution in [-0.4, -0.2) is 5.91 Å². The molecule has 0 aliphatic heterocycles. The lowest BCUT2D eigenvalue weighted by atomic mass is 9.78. The lowest BCUT2D eigenvalue weighted by Gasteiger charge is -2.25. The van der Waals surface area contributed by atoms with Gasteiger partial charge in [-0.15, -0.1) is 0 Å². The molecule has 1 amide bonds. The van der Waals surface area contributed by atoms with E-state index in [0.717, 1.165) is 6.42 Å². The number of hydrogen-bond acceptors (Lipinski definition) is 1. The Balaban J connectivity index is 2.50. The molecule has 0 fully saturated rings. The summed E-state index contributed by atoms with van der Waals surface area (Å²) in [5.41, 5.74) is 7.84. The van der Waals surface area contributed by atoms with Gasteiger partial charge in [-0.2, -0.15) is 0 Å². The number of primary amides is 1. The summed E-state index contributed by atoms with van der Waals surface area (Å²) in [5.74, 6) is -0.244. The summed E-state index contributed by atoms with van der Waals surface area (Å²) >= 11 is 0. The monoisotopic (exact) mass is 189 g/mol. The van der Waals surface area contributed by atoms with Crippen molar-refractivity contribution >= 4 is 5.91 Å². The van der Waals surface area contributed by atoms with Crippen molar-refractivity contribution < 1.29 is 4.79 Å². The van der Waals surface area contributed by atoms with Crippen molar-refractivity contribution in [2.24, 2.45) is 11.7 Å². The summed E-state index contributed by atoms with van der Waals surface area (Å²) in [6, 6.07) is 8.21. The number of fused-ring (bicyclic) bond motifs is 1. The number of rotatable bonds is 1. The van der Waals surface area contributed by atoms with E-state index < -0.39 is 0 Å². The van der Waals surface area contributed by atoms with Crippen LogP contribution in [0.5, 0.6) is 0 Å². The van der Waals surface area contributed by atoms with E-state index >= 15 is 0 Å². The topological polar surface area (TPSA) is 43.1 Å². The normalized spacial score (nSPS) is 23.1. The van der Waals surface area contributed by atoms with E-state index in [-0.39, 0.29) is 17.2 Å². The molecular formula is C12H15NO. The van der Waals surface area contributed by atoms with Crippen molar-refractivity contribution in [1.82, 2.24) is 0 Å². The Hall–Kier alpha value is -1.31. The fourth-order valence-corrected chi connectivity index (χ4v) is 2.45. The fraction of sp³-hybridized carbons (Fsp3) is 0.417. The van der Waals surface area contributed by atoms with Gasteiger partial charge in [-0.1, -0.05) is 38.1 Å². The molecule has 2 nitrogen and oxygen atoms in total. The molecule has 1 unspecified atom stereocenters. The Kier molecular flexibility index (Phi) is 1.88. The largest absolute Gasteiger partial charge is 0.369 e. The van der Waals surface area contributed by atoms with Crippen LogP contribution < -0.4 is 5.73 Å². The molecule has 0 aromatic heterocycles.